The Kier molecular flexibility index (Phi) is 5.27. The van der Waals surface area contributed by atoms with Gasteiger partial charge in [-0.2, -0.15) is 0 Å². The molecule has 1 amide bonds. The molecule has 5 nitrogen and oxygen atoms in total. The van der Waals surface area contributed by atoms with Crippen LogP contribution in [-0.2, 0) is 4.74 Å². The van der Waals surface area contributed by atoms with E-state index in [1.807, 2.05) is 20.8 Å². The van der Waals surface area contributed by atoms with Gasteiger partial charge in [0.2, 0.25) is 0 Å². The van der Waals surface area contributed by atoms with Crippen LogP contribution in [0.1, 0.15) is 40.0 Å². The molecule has 0 aromatic heterocycles. The lowest BCUT2D eigenvalue weighted by Gasteiger charge is -2.40. The number of carbonyl (C=O) groups excluding carboxylic acids is 1. The number of amides is 1. The summed E-state index contributed by atoms with van der Waals surface area (Å²) >= 11 is 0. The fourth-order valence-electron chi connectivity index (χ4n) is 2.69. The zero-order chi connectivity index (χ0) is 14.6. The first kappa shape index (κ1) is 15.6. The first-order valence-corrected chi connectivity index (χ1v) is 7.88. The molecule has 116 valence electrons. The summed E-state index contributed by atoms with van der Waals surface area (Å²) in [5.74, 6) is 0. The van der Waals surface area contributed by atoms with Crippen molar-refractivity contribution in [2.24, 2.45) is 0 Å². The molecular formula is C15H29N3O2. The first-order valence-electron chi connectivity index (χ1n) is 7.88. The summed E-state index contributed by atoms with van der Waals surface area (Å²) < 4.78 is 5.34. The lowest BCUT2D eigenvalue weighted by molar-refractivity contribution is 0.00514. The summed E-state index contributed by atoms with van der Waals surface area (Å²) in [7, 11) is 0. The number of hydrogen-bond donors (Lipinski definition) is 1. The van der Waals surface area contributed by atoms with Crippen LogP contribution in [-0.4, -0.2) is 66.8 Å². The molecule has 2 rings (SSSR count). The molecule has 2 fully saturated rings. The molecule has 0 saturated carbocycles. The molecule has 0 bridgehead atoms. The van der Waals surface area contributed by atoms with E-state index in [-0.39, 0.29) is 6.09 Å². The van der Waals surface area contributed by atoms with Crippen molar-refractivity contribution in [1.82, 2.24) is 15.1 Å². The summed E-state index contributed by atoms with van der Waals surface area (Å²) in [6.07, 6.45) is 3.88. The van der Waals surface area contributed by atoms with Crippen LogP contribution in [0.4, 0.5) is 4.79 Å². The lowest BCUT2D eigenvalue weighted by atomic mass is 10.1. The number of piperidine rings is 1. The average Bonchev–Trinajstić information content (AvgIpc) is 2.31. The van der Waals surface area contributed by atoms with E-state index in [0.717, 1.165) is 26.2 Å². The molecule has 0 aromatic carbocycles. The highest BCUT2D eigenvalue weighted by Gasteiger charge is 2.33. The fourth-order valence-corrected chi connectivity index (χ4v) is 2.69. The van der Waals surface area contributed by atoms with Crippen LogP contribution < -0.4 is 5.32 Å². The summed E-state index contributed by atoms with van der Waals surface area (Å²) in [6.45, 7) is 11.9. The molecule has 0 aromatic rings. The van der Waals surface area contributed by atoms with E-state index in [9.17, 15) is 4.79 Å². The van der Waals surface area contributed by atoms with Gasteiger partial charge in [-0.05, 0) is 46.7 Å². The monoisotopic (exact) mass is 283 g/mol. The third kappa shape index (κ3) is 4.94. The Hall–Kier alpha value is -0.810. The van der Waals surface area contributed by atoms with E-state index >= 15 is 0 Å². The normalized spacial score (nSPS) is 21.6. The Balaban J connectivity index is 1.54. The smallest absolute Gasteiger partial charge is 0.410 e. The van der Waals surface area contributed by atoms with Gasteiger partial charge in [0, 0.05) is 32.2 Å². The van der Waals surface area contributed by atoms with E-state index in [1.165, 1.54) is 32.4 Å². The third-order valence-electron chi connectivity index (χ3n) is 3.84. The van der Waals surface area contributed by atoms with Crippen LogP contribution in [0.5, 0.6) is 0 Å². The quantitative estimate of drug-likeness (QED) is 0.852. The fraction of sp³-hybridized carbons (Fsp3) is 0.933. The maximum atomic E-state index is 11.8. The highest BCUT2D eigenvalue weighted by molar-refractivity contribution is 5.69. The molecule has 0 radical (unpaired) electrons. The lowest BCUT2D eigenvalue weighted by Crippen LogP contribution is -2.61. The molecule has 5 heteroatoms. The second-order valence-corrected chi connectivity index (χ2v) is 6.94. The Labute approximate surface area is 122 Å². The Bertz CT molecular complexity index is 316. The first-order chi connectivity index (χ1) is 9.44. The predicted octanol–water partition coefficient (Wildman–Crippen LogP) is 1.68. The number of hydrogen-bond acceptors (Lipinski definition) is 4. The average molecular weight is 283 g/mol. The van der Waals surface area contributed by atoms with Crippen molar-refractivity contribution < 1.29 is 9.53 Å². The molecule has 2 aliphatic rings. The Morgan fingerprint density at radius 2 is 1.85 bits per heavy atom. The van der Waals surface area contributed by atoms with Gasteiger partial charge in [0.1, 0.15) is 5.60 Å². The van der Waals surface area contributed by atoms with Crippen LogP contribution in [0.2, 0.25) is 0 Å². The van der Waals surface area contributed by atoms with Crippen molar-refractivity contribution in [2.45, 2.75) is 51.7 Å². The number of carbonyl (C=O) groups is 1. The van der Waals surface area contributed by atoms with Crippen LogP contribution in [0.3, 0.4) is 0 Å². The van der Waals surface area contributed by atoms with Crippen LogP contribution in [0.25, 0.3) is 0 Å². The molecule has 0 unspecified atom stereocenters. The SMILES string of the molecule is CC(C)(C)OC(=O)N1CC(NCCN2CCCCC2)C1. The summed E-state index contributed by atoms with van der Waals surface area (Å²) in [5, 5.41) is 3.52. The molecule has 0 atom stereocenters. The van der Waals surface area contributed by atoms with E-state index in [2.05, 4.69) is 10.2 Å². The maximum absolute atomic E-state index is 11.8. The highest BCUT2D eigenvalue weighted by atomic mass is 16.6. The van der Waals surface area contributed by atoms with Gasteiger partial charge < -0.3 is 19.9 Å². The minimum Gasteiger partial charge on any atom is -0.444 e. The van der Waals surface area contributed by atoms with Crippen molar-refractivity contribution in [1.29, 1.82) is 0 Å². The van der Waals surface area contributed by atoms with Gasteiger partial charge in [-0.15, -0.1) is 0 Å². The summed E-state index contributed by atoms with van der Waals surface area (Å²) in [4.78, 5) is 16.1. The highest BCUT2D eigenvalue weighted by Crippen LogP contribution is 2.15. The zero-order valence-electron chi connectivity index (χ0n) is 13.2. The van der Waals surface area contributed by atoms with Crippen molar-refractivity contribution >= 4 is 6.09 Å². The molecular weight excluding hydrogens is 254 g/mol. The number of nitrogens with zero attached hydrogens (tertiary/aromatic N) is 2. The van der Waals surface area contributed by atoms with E-state index < -0.39 is 5.60 Å². The minimum absolute atomic E-state index is 0.188. The van der Waals surface area contributed by atoms with Gasteiger partial charge in [0.05, 0.1) is 0 Å². The Morgan fingerprint density at radius 1 is 1.20 bits per heavy atom. The minimum atomic E-state index is -0.399. The molecule has 2 saturated heterocycles. The number of rotatable bonds is 4. The predicted molar refractivity (Wildman–Crippen MR) is 79.9 cm³/mol. The van der Waals surface area contributed by atoms with E-state index in [0.29, 0.717) is 6.04 Å². The summed E-state index contributed by atoms with van der Waals surface area (Å²) in [5.41, 5.74) is -0.399. The van der Waals surface area contributed by atoms with Gasteiger partial charge in [-0.25, -0.2) is 4.79 Å². The third-order valence-corrected chi connectivity index (χ3v) is 3.84. The molecule has 1 N–H and O–H groups in total. The van der Waals surface area contributed by atoms with Crippen molar-refractivity contribution in [3.8, 4) is 0 Å². The standard InChI is InChI=1S/C15H29N3O2/c1-15(2,3)20-14(19)18-11-13(12-18)16-7-10-17-8-5-4-6-9-17/h13,16H,4-12H2,1-3H3. The molecule has 0 aliphatic carbocycles. The van der Waals surface area contributed by atoms with Crippen molar-refractivity contribution in [3.63, 3.8) is 0 Å². The topological polar surface area (TPSA) is 44.8 Å². The zero-order valence-corrected chi connectivity index (χ0v) is 13.2. The van der Waals surface area contributed by atoms with E-state index in [1.54, 1.807) is 4.90 Å². The van der Waals surface area contributed by atoms with Crippen molar-refractivity contribution in [2.75, 3.05) is 39.3 Å². The maximum Gasteiger partial charge on any atom is 0.410 e. The largest absolute Gasteiger partial charge is 0.444 e. The van der Waals surface area contributed by atoms with Gasteiger partial charge >= 0.3 is 6.09 Å². The molecule has 0 spiro atoms. The number of ether oxygens (including phenoxy) is 1. The molecule has 2 heterocycles. The van der Waals surface area contributed by atoms with Crippen LogP contribution in [0, 0.1) is 0 Å². The second kappa shape index (κ2) is 6.76. The molecule has 2 aliphatic heterocycles. The number of nitrogens with one attached hydrogen (secondary N) is 1. The second-order valence-electron chi connectivity index (χ2n) is 6.94. The van der Waals surface area contributed by atoms with Gasteiger partial charge in [0.15, 0.2) is 0 Å². The van der Waals surface area contributed by atoms with E-state index in [4.69, 9.17) is 4.74 Å². The van der Waals surface area contributed by atoms with Gasteiger partial charge in [-0.3, -0.25) is 0 Å². The summed E-state index contributed by atoms with van der Waals surface area (Å²) in [6, 6.07) is 0.437. The molecule has 20 heavy (non-hydrogen) atoms. The van der Waals surface area contributed by atoms with Gasteiger partial charge in [0.25, 0.3) is 0 Å². The van der Waals surface area contributed by atoms with Crippen LogP contribution >= 0.6 is 0 Å². The number of likely N-dealkylation sites (tertiary alicyclic amines) is 2. The van der Waals surface area contributed by atoms with Crippen LogP contribution in [0.15, 0.2) is 0 Å². The van der Waals surface area contributed by atoms with Gasteiger partial charge in [-0.1, -0.05) is 6.42 Å². The Morgan fingerprint density at radius 3 is 2.45 bits per heavy atom. The van der Waals surface area contributed by atoms with Crippen molar-refractivity contribution in [3.05, 3.63) is 0 Å².